The summed E-state index contributed by atoms with van der Waals surface area (Å²) < 4.78 is 12.9. The molecule has 1 amide bonds. The number of methoxy groups -OCH3 is 1. The predicted octanol–water partition coefficient (Wildman–Crippen LogP) is 4.43. The van der Waals surface area contributed by atoms with Gasteiger partial charge in [0.25, 0.3) is 5.56 Å². The van der Waals surface area contributed by atoms with E-state index >= 15 is 0 Å². The highest BCUT2D eigenvalue weighted by atomic mass is 32.2. The third kappa shape index (κ3) is 4.87. The van der Waals surface area contributed by atoms with Crippen molar-refractivity contribution in [1.29, 1.82) is 0 Å². The first-order valence-electron chi connectivity index (χ1n) is 10.9. The summed E-state index contributed by atoms with van der Waals surface area (Å²) in [6.45, 7) is 6.05. The second kappa shape index (κ2) is 10.2. The van der Waals surface area contributed by atoms with E-state index in [1.165, 1.54) is 17.3 Å². The topological polar surface area (TPSA) is 82.5 Å². The third-order valence-corrected chi connectivity index (χ3v) is 6.84. The first kappa shape index (κ1) is 23.6. The van der Waals surface area contributed by atoms with Crippen molar-refractivity contribution < 1.29 is 14.3 Å². The Morgan fingerprint density at radius 1 is 1.21 bits per heavy atom. The first-order chi connectivity index (χ1) is 16.4. The molecule has 0 unspecified atom stereocenters. The number of amides is 1. The SMILES string of the molecule is C=CCOc1ccc([C@@H]2CC(=O)Nc3c2c(=O)nc(SCc2ccc(C)cc2)n3C)cc1OC. The van der Waals surface area contributed by atoms with Crippen LogP contribution < -0.4 is 20.3 Å². The molecular formula is C26H27N3O4S. The van der Waals surface area contributed by atoms with Crippen LogP contribution in [-0.4, -0.2) is 29.2 Å². The van der Waals surface area contributed by atoms with Crippen LogP contribution in [0.2, 0.25) is 0 Å². The molecule has 0 saturated carbocycles. The van der Waals surface area contributed by atoms with Gasteiger partial charge in [0, 0.05) is 25.1 Å². The van der Waals surface area contributed by atoms with Gasteiger partial charge in [0.2, 0.25) is 5.91 Å². The maximum atomic E-state index is 13.2. The van der Waals surface area contributed by atoms with Gasteiger partial charge in [0.15, 0.2) is 16.7 Å². The van der Waals surface area contributed by atoms with Gasteiger partial charge in [-0.3, -0.25) is 9.59 Å². The number of fused-ring (bicyclic) bond motifs is 1. The highest BCUT2D eigenvalue weighted by Crippen LogP contribution is 2.39. The van der Waals surface area contributed by atoms with Crippen molar-refractivity contribution in [2.45, 2.75) is 30.2 Å². The average molecular weight is 478 g/mol. The molecule has 0 bridgehead atoms. The lowest BCUT2D eigenvalue weighted by Crippen LogP contribution is -2.33. The molecule has 7 nitrogen and oxygen atoms in total. The van der Waals surface area contributed by atoms with Crippen LogP contribution in [-0.2, 0) is 17.6 Å². The molecule has 8 heteroatoms. The monoisotopic (exact) mass is 477 g/mol. The lowest BCUT2D eigenvalue weighted by molar-refractivity contribution is -0.116. The number of anilines is 1. The lowest BCUT2D eigenvalue weighted by Gasteiger charge is -2.28. The molecule has 0 radical (unpaired) electrons. The molecule has 4 rings (SSSR count). The normalized spacial score (nSPS) is 14.8. The molecule has 1 aromatic heterocycles. The minimum atomic E-state index is -0.437. The fraction of sp³-hybridized carbons (Fsp3) is 0.269. The largest absolute Gasteiger partial charge is 0.493 e. The van der Waals surface area contributed by atoms with E-state index in [0.717, 1.165) is 11.1 Å². The highest BCUT2D eigenvalue weighted by molar-refractivity contribution is 7.98. The molecule has 0 saturated heterocycles. The van der Waals surface area contributed by atoms with Crippen LogP contribution in [0.15, 0.2) is 65.1 Å². The molecule has 0 aliphatic carbocycles. The molecule has 2 heterocycles. The van der Waals surface area contributed by atoms with E-state index in [-0.39, 0.29) is 17.9 Å². The highest BCUT2D eigenvalue weighted by Gasteiger charge is 2.32. The minimum Gasteiger partial charge on any atom is -0.493 e. The molecule has 1 aliphatic rings. The predicted molar refractivity (Wildman–Crippen MR) is 134 cm³/mol. The van der Waals surface area contributed by atoms with Crippen molar-refractivity contribution in [2.24, 2.45) is 7.05 Å². The second-order valence-electron chi connectivity index (χ2n) is 8.11. The maximum absolute atomic E-state index is 13.2. The fourth-order valence-corrected chi connectivity index (χ4v) is 4.87. The summed E-state index contributed by atoms with van der Waals surface area (Å²) in [5, 5.41) is 3.44. The number of nitrogens with one attached hydrogen (secondary N) is 1. The number of aryl methyl sites for hydroxylation is 1. The number of hydrogen-bond donors (Lipinski definition) is 1. The Morgan fingerprint density at radius 2 is 1.97 bits per heavy atom. The molecule has 3 aromatic rings. The standard InChI is InChI=1S/C26H27N3O4S/c1-5-12-33-20-11-10-18(13-21(20)32-4)19-14-22(30)27-24-23(19)25(31)28-26(29(24)3)34-15-17-8-6-16(2)7-9-17/h5-11,13,19H,1,12,14-15H2,2-4H3,(H,27,30)/t19-/m0/s1. The molecular weight excluding hydrogens is 450 g/mol. The zero-order chi connectivity index (χ0) is 24.2. The Kier molecular flexibility index (Phi) is 7.07. The Balaban J connectivity index is 1.68. The summed E-state index contributed by atoms with van der Waals surface area (Å²) in [5.74, 6) is 1.66. The summed E-state index contributed by atoms with van der Waals surface area (Å²) in [5.41, 5.74) is 3.26. The summed E-state index contributed by atoms with van der Waals surface area (Å²) in [4.78, 5) is 30.2. The number of rotatable bonds is 8. The van der Waals surface area contributed by atoms with E-state index < -0.39 is 5.92 Å². The van der Waals surface area contributed by atoms with Gasteiger partial charge in [-0.05, 0) is 30.2 Å². The number of benzene rings is 2. The van der Waals surface area contributed by atoms with Crippen LogP contribution in [0.1, 0.15) is 34.6 Å². The molecule has 0 spiro atoms. The van der Waals surface area contributed by atoms with Crippen molar-refractivity contribution in [3.63, 3.8) is 0 Å². The first-order valence-corrected chi connectivity index (χ1v) is 11.9. The van der Waals surface area contributed by atoms with Crippen molar-refractivity contribution in [2.75, 3.05) is 19.0 Å². The lowest BCUT2D eigenvalue weighted by atomic mass is 9.86. The number of carbonyl (C=O) groups excluding carboxylic acids is 1. The van der Waals surface area contributed by atoms with Gasteiger partial charge in [0.05, 0.1) is 12.7 Å². The molecule has 34 heavy (non-hydrogen) atoms. The van der Waals surface area contributed by atoms with E-state index in [1.807, 2.05) is 26.1 Å². The van der Waals surface area contributed by atoms with Crippen molar-refractivity contribution in [1.82, 2.24) is 9.55 Å². The average Bonchev–Trinajstić information content (AvgIpc) is 2.84. The van der Waals surface area contributed by atoms with Crippen molar-refractivity contribution in [3.05, 3.63) is 87.7 Å². The number of carbonyl (C=O) groups is 1. The quantitative estimate of drug-likeness (QED) is 0.294. The summed E-state index contributed by atoms with van der Waals surface area (Å²) in [6.07, 6.45) is 1.80. The summed E-state index contributed by atoms with van der Waals surface area (Å²) >= 11 is 1.46. The van der Waals surface area contributed by atoms with Crippen LogP contribution in [0.3, 0.4) is 0 Å². The van der Waals surface area contributed by atoms with Crippen LogP contribution in [0.4, 0.5) is 5.82 Å². The Bertz CT molecular complexity index is 1280. The Morgan fingerprint density at radius 3 is 2.68 bits per heavy atom. The molecule has 1 atom stereocenters. The third-order valence-electron chi connectivity index (χ3n) is 5.74. The molecule has 0 fully saturated rings. The van der Waals surface area contributed by atoms with Gasteiger partial charge in [-0.15, -0.1) is 0 Å². The van der Waals surface area contributed by atoms with Crippen LogP contribution in [0.5, 0.6) is 11.5 Å². The van der Waals surface area contributed by atoms with E-state index in [9.17, 15) is 9.59 Å². The Labute approximate surface area is 202 Å². The number of nitrogens with zero attached hydrogens (tertiary/aromatic N) is 2. The zero-order valence-corrected chi connectivity index (χ0v) is 20.3. The molecule has 2 aromatic carbocycles. The van der Waals surface area contributed by atoms with Gasteiger partial charge in [-0.2, -0.15) is 4.98 Å². The molecule has 176 valence electrons. The zero-order valence-electron chi connectivity index (χ0n) is 19.5. The van der Waals surface area contributed by atoms with Gasteiger partial charge in [0.1, 0.15) is 12.4 Å². The number of hydrogen-bond acceptors (Lipinski definition) is 6. The maximum Gasteiger partial charge on any atom is 0.279 e. The number of ether oxygens (including phenoxy) is 2. The summed E-state index contributed by atoms with van der Waals surface area (Å²) in [6, 6.07) is 13.7. The van der Waals surface area contributed by atoms with Gasteiger partial charge >= 0.3 is 0 Å². The van der Waals surface area contributed by atoms with Gasteiger partial charge < -0.3 is 19.4 Å². The molecule has 1 aliphatic heterocycles. The van der Waals surface area contributed by atoms with E-state index in [4.69, 9.17) is 9.47 Å². The van der Waals surface area contributed by atoms with Crippen LogP contribution >= 0.6 is 11.8 Å². The second-order valence-corrected chi connectivity index (χ2v) is 9.05. The van der Waals surface area contributed by atoms with E-state index in [0.29, 0.717) is 40.4 Å². The Hall–Kier alpha value is -3.52. The smallest absolute Gasteiger partial charge is 0.279 e. The van der Waals surface area contributed by atoms with Gasteiger partial charge in [-0.25, -0.2) is 0 Å². The van der Waals surface area contributed by atoms with Crippen LogP contribution in [0, 0.1) is 6.92 Å². The summed E-state index contributed by atoms with van der Waals surface area (Å²) in [7, 11) is 3.37. The molecule has 1 N–H and O–H groups in total. The van der Waals surface area contributed by atoms with Crippen molar-refractivity contribution >= 4 is 23.5 Å². The minimum absolute atomic E-state index is 0.149. The van der Waals surface area contributed by atoms with E-state index in [2.05, 4.69) is 41.1 Å². The van der Waals surface area contributed by atoms with E-state index in [1.54, 1.807) is 23.8 Å². The number of thioether (sulfide) groups is 1. The number of aromatic nitrogens is 2. The van der Waals surface area contributed by atoms with Gasteiger partial charge in [-0.1, -0.05) is 60.3 Å². The van der Waals surface area contributed by atoms with Crippen molar-refractivity contribution in [3.8, 4) is 11.5 Å². The fourth-order valence-electron chi connectivity index (χ4n) is 3.95. The van der Waals surface area contributed by atoms with Crippen LogP contribution in [0.25, 0.3) is 0 Å².